The van der Waals surface area contributed by atoms with Crippen LogP contribution in [0.2, 0.25) is 0 Å². The first-order valence-electron chi connectivity index (χ1n) is 3.33. The Bertz CT molecular complexity index is 240. The molecule has 57 valence electrons. The van der Waals surface area contributed by atoms with E-state index in [1.165, 1.54) is 0 Å². The predicted octanol–water partition coefficient (Wildman–Crippen LogP) is -0.851. The molecular formula is C7H9BNO2. The van der Waals surface area contributed by atoms with Crippen molar-refractivity contribution < 1.29 is 10.0 Å². The molecule has 0 aliphatic heterocycles. The van der Waals surface area contributed by atoms with Crippen LogP contribution in [0.3, 0.4) is 0 Å². The topological polar surface area (TPSA) is 64.3 Å². The Hall–Kier alpha value is -0.835. The zero-order chi connectivity index (χ0) is 8.27. The van der Waals surface area contributed by atoms with Gasteiger partial charge in [-0.15, -0.1) is 0 Å². The van der Waals surface area contributed by atoms with E-state index in [0.29, 0.717) is 5.46 Å². The second-order valence-electron chi connectivity index (χ2n) is 2.30. The molecule has 0 spiro atoms. The Morgan fingerprint density at radius 2 is 2.09 bits per heavy atom. The van der Waals surface area contributed by atoms with Gasteiger partial charge in [-0.05, 0) is 11.0 Å². The van der Waals surface area contributed by atoms with E-state index in [4.69, 9.17) is 15.8 Å². The van der Waals surface area contributed by atoms with Crippen molar-refractivity contribution in [2.45, 2.75) is 6.54 Å². The molecule has 1 aromatic rings. The highest BCUT2D eigenvalue weighted by atomic mass is 16.4. The second kappa shape index (κ2) is 3.53. The average Bonchev–Trinajstić information content (AvgIpc) is 2.05. The summed E-state index contributed by atoms with van der Waals surface area (Å²) in [7, 11) is -1.43. The maximum atomic E-state index is 8.74. The van der Waals surface area contributed by atoms with Crippen LogP contribution in [0, 0.1) is 0 Å². The predicted molar refractivity (Wildman–Crippen MR) is 43.1 cm³/mol. The van der Waals surface area contributed by atoms with Gasteiger partial charge in [0, 0.05) is 6.54 Å². The fraction of sp³-hybridized carbons (Fsp3) is 0.143. The minimum atomic E-state index is -1.43. The molecule has 11 heavy (non-hydrogen) atoms. The van der Waals surface area contributed by atoms with Crippen LogP contribution in [0.4, 0.5) is 0 Å². The highest BCUT2D eigenvalue weighted by Crippen LogP contribution is 1.95. The standard InChI is InChI=1S/C7H9BNO2/c9-5-6-2-1-3-7(4-6)8(10)11/h1-4,9-11H,5H2. The summed E-state index contributed by atoms with van der Waals surface area (Å²) < 4.78 is 0. The molecular weight excluding hydrogens is 141 g/mol. The van der Waals surface area contributed by atoms with Crippen LogP contribution in [0.15, 0.2) is 24.3 Å². The van der Waals surface area contributed by atoms with Gasteiger partial charge in [-0.1, -0.05) is 24.3 Å². The minimum Gasteiger partial charge on any atom is -0.423 e. The van der Waals surface area contributed by atoms with Gasteiger partial charge >= 0.3 is 7.12 Å². The van der Waals surface area contributed by atoms with Crippen molar-refractivity contribution >= 4 is 12.6 Å². The molecule has 0 atom stereocenters. The van der Waals surface area contributed by atoms with Crippen LogP contribution < -0.4 is 11.2 Å². The van der Waals surface area contributed by atoms with E-state index in [9.17, 15) is 0 Å². The minimum absolute atomic E-state index is 0.167. The van der Waals surface area contributed by atoms with E-state index in [0.717, 1.165) is 5.56 Å². The molecule has 1 radical (unpaired) electrons. The van der Waals surface area contributed by atoms with Crippen molar-refractivity contribution in [1.29, 1.82) is 0 Å². The Kier molecular flexibility index (Phi) is 2.65. The van der Waals surface area contributed by atoms with Crippen LogP contribution in [-0.4, -0.2) is 17.2 Å². The zero-order valence-corrected chi connectivity index (χ0v) is 5.99. The quantitative estimate of drug-likeness (QED) is 0.539. The summed E-state index contributed by atoms with van der Waals surface area (Å²) in [5.41, 5.74) is 8.25. The van der Waals surface area contributed by atoms with E-state index >= 15 is 0 Å². The van der Waals surface area contributed by atoms with Crippen LogP contribution >= 0.6 is 0 Å². The van der Waals surface area contributed by atoms with Gasteiger partial charge in [0.05, 0.1) is 0 Å². The molecule has 3 nitrogen and oxygen atoms in total. The number of nitrogens with one attached hydrogen (secondary N) is 1. The monoisotopic (exact) mass is 150 g/mol. The van der Waals surface area contributed by atoms with E-state index in [1.54, 1.807) is 24.3 Å². The first kappa shape index (κ1) is 8.26. The smallest absolute Gasteiger partial charge is 0.423 e. The van der Waals surface area contributed by atoms with Gasteiger partial charge in [0.25, 0.3) is 0 Å². The highest BCUT2D eigenvalue weighted by molar-refractivity contribution is 6.58. The maximum absolute atomic E-state index is 8.74. The summed E-state index contributed by atoms with van der Waals surface area (Å²) in [6, 6.07) is 6.71. The van der Waals surface area contributed by atoms with Crippen molar-refractivity contribution in [3.63, 3.8) is 0 Å². The molecule has 0 saturated heterocycles. The third-order valence-corrected chi connectivity index (χ3v) is 1.45. The molecule has 0 bridgehead atoms. The zero-order valence-electron chi connectivity index (χ0n) is 5.99. The largest absolute Gasteiger partial charge is 0.488 e. The van der Waals surface area contributed by atoms with E-state index in [-0.39, 0.29) is 6.54 Å². The van der Waals surface area contributed by atoms with Crippen LogP contribution in [0.25, 0.3) is 0 Å². The Morgan fingerprint density at radius 3 is 2.64 bits per heavy atom. The third kappa shape index (κ3) is 2.05. The third-order valence-electron chi connectivity index (χ3n) is 1.45. The van der Waals surface area contributed by atoms with Gasteiger partial charge in [-0.2, -0.15) is 0 Å². The molecule has 0 unspecified atom stereocenters. The van der Waals surface area contributed by atoms with Crippen molar-refractivity contribution in [1.82, 2.24) is 5.73 Å². The van der Waals surface area contributed by atoms with Crippen LogP contribution in [0.5, 0.6) is 0 Å². The van der Waals surface area contributed by atoms with Crippen LogP contribution in [-0.2, 0) is 6.54 Å². The SMILES string of the molecule is [NH]Cc1cccc(B(O)O)c1. The summed E-state index contributed by atoms with van der Waals surface area (Å²) in [5.74, 6) is 0. The Labute approximate surface area is 65.6 Å². The first-order chi connectivity index (χ1) is 5.24. The lowest BCUT2D eigenvalue weighted by molar-refractivity contribution is 0.425. The number of rotatable bonds is 2. The summed E-state index contributed by atoms with van der Waals surface area (Å²) in [6.45, 7) is 0.167. The Balaban J connectivity index is 2.91. The molecule has 1 aromatic carbocycles. The first-order valence-corrected chi connectivity index (χ1v) is 3.33. The molecule has 0 aliphatic carbocycles. The van der Waals surface area contributed by atoms with Gasteiger partial charge < -0.3 is 10.0 Å². The van der Waals surface area contributed by atoms with Crippen molar-refractivity contribution in [3.05, 3.63) is 29.8 Å². The summed E-state index contributed by atoms with van der Waals surface area (Å²) in [5, 5.41) is 17.5. The summed E-state index contributed by atoms with van der Waals surface area (Å²) >= 11 is 0. The number of hydrogen-bond donors (Lipinski definition) is 2. The lowest BCUT2D eigenvalue weighted by atomic mass is 9.80. The number of benzene rings is 1. The number of hydrogen-bond acceptors (Lipinski definition) is 2. The normalized spacial score (nSPS) is 9.73. The van der Waals surface area contributed by atoms with E-state index in [1.807, 2.05) is 0 Å². The fourth-order valence-electron chi connectivity index (χ4n) is 0.864. The second-order valence-corrected chi connectivity index (χ2v) is 2.30. The maximum Gasteiger partial charge on any atom is 0.488 e. The molecule has 0 aliphatic rings. The van der Waals surface area contributed by atoms with E-state index < -0.39 is 7.12 Å². The fourth-order valence-corrected chi connectivity index (χ4v) is 0.864. The van der Waals surface area contributed by atoms with Crippen molar-refractivity contribution in [2.24, 2.45) is 0 Å². The summed E-state index contributed by atoms with van der Waals surface area (Å²) in [4.78, 5) is 0. The Morgan fingerprint density at radius 1 is 1.36 bits per heavy atom. The molecule has 0 aromatic heterocycles. The van der Waals surface area contributed by atoms with Gasteiger partial charge in [0.15, 0.2) is 0 Å². The molecule has 0 saturated carbocycles. The summed E-state index contributed by atoms with van der Waals surface area (Å²) in [6.07, 6.45) is 0. The van der Waals surface area contributed by atoms with Gasteiger partial charge in [0.2, 0.25) is 0 Å². The molecule has 4 heteroatoms. The molecule has 0 amide bonds. The highest BCUT2D eigenvalue weighted by Gasteiger charge is 2.09. The van der Waals surface area contributed by atoms with Crippen LogP contribution in [0.1, 0.15) is 5.56 Å². The van der Waals surface area contributed by atoms with Gasteiger partial charge in [0.1, 0.15) is 0 Å². The van der Waals surface area contributed by atoms with Gasteiger partial charge in [-0.3, -0.25) is 5.73 Å². The molecule has 0 heterocycles. The van der Waals surface area contributed by atoms with Gasteiger partial charge in [-0.25, -0.2) is 0 Å². The van der Waals surface area contributed by atoms with Crippen molar-refractivity contribution in [2.75, 3.05) is 0 Å². The lowest BCUT2D eigenvalue weighted by Gasteiger charge is -2.00. The molecule has 3 N–H and O–H groups in total. The van der Waals surface area contributed by atoms with E-state index in [2.05, 4.69) is 0 Å². The molecule has 1 rings (SSSR count). The average molecular weight is 150 g/mol. The molecule has 0 fully saturated rings. The lowest BCUT2D eigenvalue weighted by Crippen LogP contribution is -2.29. The van der Waals surface area contributed by atoms with Crippen molar-refractivity contribution in [3.8, 4) is 0 Å².